The summed E-state index contributed by atoms with van der Waals surface area (Å²) < 4.78 is 0. The van der Waals surface area contributed by atoms with Gasteiger partial charge < -0.3 is 10.6 Å². The Kier molecular flexibility index (Phi) is 5.83. The number of amides is 1. The fraction of sp³-hybridized carbons (Fsp3) is 0.350. The fourth-order valence-electron chi connectivity index (χ4n) is 2.77. The molecule has 0 aliphatic heterocycles. The summed E-state index contributed by atoms with van der Waals surface area (Å²) in [6, 6.07) is 10.3. The third-order valence-electron chi connectivity index (χ3n) is 4.15. The zero-order valence-electron chi connectivity index (χ0n) is 15.4. The summed E-state index contributed by atoms with van der Waals surface area (Å²) in [6.45, 7) is 7.58. The summed E-state index contributed by atoms with van der Waals surface area (Å²) in [5.41, 5.74) is 2.22. The minimum Gasteiger partial charge on any atom is -0.369 e. The van der Waals surface area contributed by atoms with Gasteiger partial charge in [0.25, 0.3) is 5.91 Å². The quantitative estimate of drug-likeness (QED) is 0.660. The van der Waals surface area contributed by atoms with Crippen LogP contribution in [0.25, 0.3) is 10.2 Å². The number of carbonyl (C=O) groups is 1. The zero-order valence-corrected chi connectivity index (χ0v) is 16.2. The molecule has 0 unspecified atom stereocenters. The molecule has 6 heteroatoms. The van der Waals surface area contributed by atoms with Gasteiger partial charge in [0.05, 0.1) is 10.3 Å². The predicted octanol–water partition coefficient (Wildman–Crippen LogP) is 4.04. The van der Waals surface area contributed by atoms with E-state index in [0.29, 0.717) is 17.3 Å². The van der Waals surface area contributed by atoms with Crippen molar-refractivity contribution in [1.29, 1.82) is 0 Å². The lowest BCUT2D eigenvalue weighted by molar-refractivity contribution is 0.0952. The maximum absolute atomic E-state index is 12.5. The summed E-state index contributed by atoms with van der Waals surface area (Å²) in [5, 5.41) is 7.34. The van der Waals surface area contributed by atoms with Crippen LogP contribution >= 0.6 is 11.3 Å². The Morgan fingerprint density at radius 3 is 2.69 bits per heavy atom. The molecule has 0 bridgehead atoms. The molecule has 0 fully saturated rings. The van der Waals surface area contributed by atoms with E-state index >= 15 is 0 Å². The van der Waals surface area contributed by atoms with Gasteiger partial charge in [-0.25, -0.2) is 9.97 Å². The summed E-state index contributed by atoms with van der Waals surface area (Å²) in [4.78, 5) is 22.8. The standard InChI is InChI=1S/C20H24N4OS/c1-13(2)11-22-19(25)17-14(3)16-18(23-12-24-20(16)26-17)21-10-9-15-7-5-4-6-8-15/h4-8,12-13H,9-11H2,1-3H3,(H,22,25)(H,21,23,24). The molecule has 3 aromatic rings. The highest BCUT2D eigenvalue weighted by atomic mass is 32.1. The molecule has 0 radical (unpaired) electrons. The lowest BCUT2D eigenvalue weighted by Gasteiger charge is -2.08. The van der Waals surface area contributed by atoms with Gasteiger partial charge in [0.2, 0.25) is 0 Å². The van der Waals surface area contributed by atoms with Crippen LogP contribution in [0.15, 0.2) is 36.7 Å². The second-order valence-corrected chi connectivity index (χ2v) is 7.72. The van der Waals surface area contributed by atoms with Crippen LogP contribution in [0.2, 0.25) is 0 Å². The molecule has 0 spiro atoms. The first-order valence-electron chi connectivity index (χ1n) is 8.86. The first-order chi connectivity index (χ1) is 12.6. The summed E-state index contributed by atoms with van der Waals surface area (Å²) in [7, 11) is 0. The number of rotatable bonds is 7. The van der Waals surface area contributed by atoms with E-state index in [4.69, 9.17) is 0 Å². The Balaban J connectivity index is 1.77. The normalized spacial score (nSPS) is 11.1. The SMILES string of the molecule is Cc1c(C(=O)NCC(C)C)sc2ncnc(NCCc3ccccc3)c12. The van der Waals surface area contributed by atoms with Crippen molar-refractivity contribution >= 4 is 33.3 Å². The number of carbonyl (C=O) groups excluding carboxylic acids is 1. The largest absolute Gasteiger partial charge is 0.369 e. The average Bonchev–Trinajstić information content (AvgIpc) is 2.98. The first-order valence-corrected chi connectivity index (χ1v) is 9.68. The van der Waals surface area contributed by atoms with E-state index in [2.05, 4.69) is 46.6 Å². The number of thiophene rings is 1. The molecule has 1 aromatic carbocycles. The number of hydrogen-bond donors (Lipinski definition) is 2. The molecule has 0 aliphatic carbocycles. The van der Waals surface area contributed by atoms with E-state index in [1.54, 1.807) is 6.33 Å². The highest BCUT2D eigenvalue weighted by Crippen LogP contribution is 2.33. The Hall–Kier alpha value is -2.47. The molecule has 5 nitrogen and oxygen atoms in total. The van der Waals surface area contributed by atoms with Crippen LogP contribution in [0, 0.1) is 12.8 Å². The van der Waals surface area contributed by atoms with E-state index in [1.807, 2.05) is 25.1 Å². The molecule has 1 amide bonds. The molecule has 3 rings (SSSR count). The highest BCUT2D eigenvalue weighted by molar-refractivity contribution is 7.20. The molecular weight excluding hydrogens is 344 g/mol. The Morgan fingerprint density at radius 2 is 1.96 bits per heavy atom. The number of aryl methyl sites for hydroxylation is 1. The van der Waals surface area contributed by atoms with Crippen molar-refractivity contribution in [3.05, 3.63) is 52.7 Å². The van der Waals surface area contributed by atoms with Crippen molar-refractivity contribution in [2.75, 3.05) is 18.4 Å². The molecule has 2 aromatic heterocycles. The van der Waals surface area contributed by atoms with E-state index in [-0.39, 0.29) is 5.91 Å². The first kappa shape index (κ1) is 18.3. The maximum atomic E-state index is 12.5. The minimum atomic E-state index is -0.0329. The predicted molar refractivity (Wildman–Crippen MR) is 108 cm³/mol. The second-order valence-electron chi connectivity index (χ2n) is 6.72. The molecule has 0 saturated carbocycles. The topological polar surface area (TPSA) is 66.9 Å². The highest BCUT2D eigenvalue weighted by Gasteiger charge is 2.19. The molecular formula is C20H24N4OS. The smallest absolute Gasteiger partial charge is 0.261 e. The summed E-state index contributed by atoms with van der Waals surface area (Å²) >= 11 is 1.42. The average molecular weight is 369 g/mol. The van der Waals surface area contributed by atoms with Gasteiger partial charge >= 0.3 is 0 Å². The van der Waals surface area contributed by atoms with E-state index in [9.17, 15) is 4.79 Å². The van der Waals surface area contributed by atoms with Crippen molar-refractivity contribution in [1.82, 2.24) is 15.3 Å². The second kappa shape index (κ2) is 8.27. The van der Waals surface area contributed by atoms with Gasteiger partial charge in [0, 0.05) is 13.1 Å². The van der Waals surface area contributed by atoms with Gasteiger partial charge in [-0.3, -0.25) is 4.79 Å². The Labute approximate surface area is 157 Å². The van der Waals surface area contributed by atoms with Crippen LogP contribution in [-0.4, -0.2) is 29.0 Å². The van der Waals surface area contributed by atoms with Crippen molar-refractivity contribution in [3.63, 3.8) is 0 Å². The number of anilines is 1. The van der Waals surface area contributed by atoms with Gasteiger partial charge in [-0.2, -0.15) is 0 Å². The van der Waals surface area contributed by atoms with Gasteiger partial charge in [0.15, 0.2) is 0 Å². The maximum Gasteiger partial charge on any atom is 0.261 e. The lowest BCUT2D eigenvalue weighted by Crippen LogP contribution is -2.27. The molecule has 26 heavy (non-hydrogen) atoms. The van der Waals surface area contributed by atoms with Crippen molar-refractivity contribution in [2.45, 2.75) is 27.2 Å². The van der Waals surface area contributed by atoms with Gasteiger partial charge in [-0.05, 0) is 30.4 Å². The number of nitrogens with zero attached hydrogens (tertiary/aromatic N) is 2. The zero-order chi connectivity index (χ0) is 18.5. The Morgan fingerprint density at radius 1 is 1.19 bits per heavy atom. The summed E-state index contributed by atoms with van der Waals surface area (Å²) in [5.74, 6) is 1.18. The number of hydrogen-bond acceptors (Lipinski definition) is 5. The number of aromatic nitrogens is 2. The fourth-order valence-corrected chi connectivity index (χ4v) is 3.83. The van der Waals surface area contributed by atoms with Crippen LogP contribution in [0.3, 0.4) is 0 Å². The van der Waals surface area contributed by atoms with Crippen LogP contribution < -0.4 is 10.6 Å². The van der Waals surface area contributed by atoms with Crippen molar-refractivity contribution in [3.8, 4) is 0 Å². The molecule has 136 valence electrons. The van der Waals surface area contributed by atoms with Gasteiger partial charge in [-0.1, -0.05) is 44.2 Å². The van der Waals surface area contributed by atoms with Crippen LogP contribution in [-0.2, 0) is 6.42 Å². The van der Waals surface area contributed by atoms with Crippen molar-refractivity contribution < 1.29 is 4.79 Å². The molecule has 2 N–H and O–H groups in total. The van der Waals surface area contributed by atoms with E-state index < -0.39 is 0 Å². The van der Waals surface area contributed by atoms with Crippen molar-refractivity contribution in [2.24, 2.45) is 5.92 Å². The number of nitrogens with one attached hydrogen (secondary N) is 2. The molecule has 0 atom stereocenters. The third-order valence-corrected chi connectivity index (χ3v) is 5.35. The molecule has 0 saturated heterocycles. The van der Waals surface area contributed by atoms with Gasteiger partial charge in [0.1, 0.15) is 17.0 Å². The van der Waals surface area contributed by atoms with E-state index in [1.165, 1.54) is 16.9 Å². The number of fused-ring (bicyclic) bond motifs is 1. The third kappa shape index (κ3) is 4.19. The van der Waals surface area contributed by atoms with Crippen LogP contribution in [0.4, 0.5) is 5.82 Å². The summed E-state index contributed by atoms with van der Waals surface area (Å²) in [6.07, 6.45) is 2.47. The van der Waals surface area contributed by atoms with E-state index in [0.717, 1.165) is 34.6 Å². The van der Waals surface area contributed by atoms with Gasteiger partial charge in [-0.15, -0.1) is 11.3 Å². The molecule has 2 heterocycles. The minimum absolute atomic E-state index is 0.0329. The lowest BCUT2D eigenvalue weighted by atomic mass is 10.1. The Bertz CT molecular complexity index is 889. The molecule has 0 aliphatic rings. The number of benzene rings is 1. The monoisotopic (exact) mass is 368 g/mol. The van der Waals surface area contributed by atoms with Crippen LogP contribution in [0.1, 0.15) is 34.6 Å². The van der Waals surface area contributed by atoms with Crippen LogP contribution in [0.5, 0.6) is 0 Å².